The maximum Gasteiger partial charge on any atom is 0.264 e. The molecule has 0 unspecified atom stereocenters. The van der Waals surface area contributed by atoms with E-state index < -0.39 is 34.3 Å². The van der Waals surface area contributed by atoms with E-state index in [2.05, 4.69) is 5.32 Å². The quantitative estimate of drug-likeness (QED) is 0.0979. The number of benzene rings is 4. The number of carbonyl (C=O) groups is 2. The summed E-state index contributed by atoms with van der Waals surface area (Å²) < 4.78 is 49.0. The first kappa shape index (κ1) is 36.5. The molecule has 48 heavy (non-hydrogen) atoms. The van der Waals surface area contributed by atoms with Gasteiger partial charge in [0.2, 0.25) is 11.8 Å². The Morgan fingerprint density at radius 1 is 0.875 bits per heavy atom. The second-order valence-corrected chi connectivity index (χ2v) is 13.9. The van der Waals surface area contributed by atoms with Gasteiger partial charge in [0.05, 0.1) is 17.2 Å². The fourth-order valence-electron chi connectivity index (χ4n) is 5.13. The van der Waals surface area contributed by atoms with Crippen molar-refractivity contribution in [3.63, 3.8) is 0 Å². The summed E-state index contributed by atoms with van der Waals surface area (Å²) in [5.74, 6) is -0.830. The van der Waals surface area contributed by atoms with Gasteiger partial charge in [-0.05, 0) is 91.4 Å². The van der Waals surface area contributed by atoms with Crippen LogP contribution in [0.15, 0.2) is 113 Å². The minimum absolute atomic E-state index is 0.0187. The van der Waals surface area contributed by atoms with Gasteiger partial charge in [-0.1, -0.05) is 55.8 Å². The molecule has 0 aliphatic heterocycles. The fraction of sp³-hybridized carbons (Fsp3) is 0.297. The van der Waals surface area contributed by atoms with E-state index in [0.29, 0.717) is 24.5 Å². The van der Waals surface area contributed by atoms with Crippen LogP contribution in [0.3, 0.4) is 0 Å². The first-order valence-electron chi connectivity index (χ1n) is 15.9. The van der Waals surface area contributed by atoms with Crippen molar-refractivity contribution in [1.29, 1.82) is 0 Å². The van der Waals surface area contributed by atoms with Crippen molar-refractivity contribution in [2.75, 3.05) is 30.3 Å². The number of halogens is 1. The average Bonchev–Trinajstić information content (AvgIpc) is 3.10. The highest BCUT2D eigenvalue weighted by Gasteiger charge is 2.34. The minimum atomic E-state index is -4.25. The molecule has 2 amide bonds. The van der Waals surface area contributed by atoms with Crippen molar-refractivity contribution >= 4 is 39.3 Å². The van der Waals surface area contributed by atoms with E-state index in [1.165, 1.54) is 40.9 Å². The Bertz CT molecular complexity index is 1720. The number of thioether (sulfide) groups is 1. The molecule has 0 aliphatic carbocycles. The molecule has 0 aromatic heterocycles. The van der Waals surface area contributed by atoms with Crippen LogP contribution in [-0.4, -0.2) is 57.1 Å². The van der Waals surface area contributed by atoms with Gasteiger partial charge in [0.15, 0.2) is 0 Å². The number of hydrogen-bond acceptors (Lipinski definition) is 6. The number of ether oxygens (including phenoxy) is 1. The molecule has 0 saturated heterocycles. The van der Waals surface area contributed by atoms with Gasteiger partial charge in [-0.3, -0.25) is 13.9 Å². The molecule has 0 saturated carbocycles. The first-order chi connectivity index (χ1) is 23.2. The zero-order chi connectivity index (χ0) is 34.5. The predicted octanol–water partition coefficient (Wildman–Crippen LogP) is 6.70. The van der Waals surface area contributed by atoms with E-state index in [9.17, 15) is 22.4 Å². The molecule has 0 aliphatic rings. The maximum absolute atomic E-state index is 14.5. The van der Waals surface area contributed by atoms with Crippen LogP contribution in [0.5, 0.6) is 5.75 Å². The molecule has 1 atom stereocenters. The summed E-state index contributed by atoms with van der Waals surface area (Å²) in [6.07, 6.45) is 3.72. The highest BCUT2D eigenvalue weighted by molar-refractivity contribution is 7.98. The van der Waals surface area contributed by atoms with Crippen molar-refractivity contribution in [3.05, 3.63) is 120 Å². The zero-order valence-electron chi connectivity index (χ0n) is 27.5. The molecule has 254 valence electrons. The van der Waals surface area contributed by atoms with Gasteiger partial charge in [0.1, 0.15) is 24.2 Å². The number of nitrogens with zero attached hydrogens (tertiary/aromatic N) is 2. The molecule has 4 rings (SSSR count). The summed E-state index contributed by atoms with van der Waals surface area (Å²) >= 11 is 1.48. The molecule has 8 nitrogen and oxygen atoms in total. The smallest absolute Gasteiger partial charge is 0.264 e. The van der Waals surface area contributed by atoms with Crippen LogP contribution >= 0.6 is 11.8 Å². The molecule has 4 aromatic carbocycles. The Labute approximate surface area is 287 Å². The van der Waals surface area contributed by atoms with Crippen molar-refractivity contribution in [2.24, 2.45) is 0 Å². The van der Waals surface area contributed by atoms with E-state index in [0.717, 1.165) is 27.6 Å². The monoisotopic (exact) mass is 691 g/mol. The first-order valence-corrected chi connectivity index (χ1v) is 18.6. The van der Waals surface area contributed by atoms with Gasteiger partial charge in [0, 0.05) is 24.4 Å². The van der Waals surface area contributed by atoms with Crippen molar-refractivity contribution in [2.45, 2.75) is 55.5 Å². The Morgan fingerprint density at radius 2 is 1.54 bits per heavy atom. The molecule has 0 fully saturated rings. The Hall–Kier alpha value is -4.35. The lowest BCUT2D eigenvalue weighted by Gasteiger charge is -2.34. The van der Waals surface area contributed by atoms with Crippen LogP contribution < -0.4 is 14.4 Å². The average molecular weight is 692 g/mol. The van der Waals surface area contributed by atoms with Gasteiger partial charge >= 0.3 is 0 Å². The summed E-state index contributed by atoms with van der Waals surface area (Å²) in [6, 6.07) is 27.0. The number of nitrogens with one attached hydrogen (secondary N) is 1. The SMILES string of the molecule is CCCCNC(=O)[C@H](Cc1ccccc1)N(Cc1ccc(F)cc1)C(=O)CN(c1ccc(OCC)cc1)S(=O)(=O)c1ccc(SC)cc1. The Kier molecular flexibility index (Phi) is 13.5. The van der Waals surface area contributed by atoms with Crippen LogP contribution in [0.2, 0.25) is 0 Å². The fourth-order valence-corrected chi connectivity index (χ4v) is 6.95. The Balaban J connectivity index is 1.79. The zero-order valence-corrected chi connectivity index (χ0v) is 29.1. The summed E-state index contributed by atoms with van der Waals surface area (Å²) in [7, 11) is -4.25. The summed E-state index contributed by atoms with van der Waals surface area (Å²) in [5, 5.41) is 2.96. The van der Waals surface area contributed by atoms with E-state index in [4.69, 9.17) is 4.74 Å². The van der Waals surface area contributed by atoms with Gasteiger partial charge in [-0.15, -0.1) is 11.8 Å². The number of sulfonamides is 1. The van der Waals surface area contributed by atoms with Crippen molar-refractivity contribution in [3.8, 4) is 5.75 Å². The minimum Gasteiger partial charge on any atom is -0.494 e. The van der Waals surface area contributed by atoms with Gasteiger partial charge in [-0.2, -0.15) is 0 Å². The lowest BCUT2D eigenvalue weighted by Crippen LogP contribution is -2.53. The molecule has 0 heterocycles. The number of unbranched alkanes of at least 4 members (excludes halogenated alkanes) is 1. The number of rotatable bonds is 17. The molecular formula is C37H42FN3O5S2. The normalized spacial score (nSPS) is 11.8. The lowest BCUT2D eigenvalue weighted by atomic mass is 10.0. The molecule has 1 N–H and O–H groups in total. The summed E-state index contributed by atoms with van der Waals surface area (Å²) in [6.45, 7) is 4.10. The predicted molar refractivity (Wildman–Crippen MR) is 189 cm³/mol. The second kappa shape index (κ2) is 17.7. The highest BCUT2D eigenvalue weighted by atomic mass is 32.2. The maximum atomic E-state index is 14.5. The highest BCUT2D eigenvalue weighted by Crippen LogP contribution is 2.28. The third-order valence-electron chi connectivity index (χ3n) is 7.73. The third kappa shape index (κ3) is 9.84. The van der Waals surface area contributed by atoms with E-state index >= 15 is 0 Å². The van der Waals surface area contributed by atoms with Crippen LogP contribution in [0.1, 0.15) is 37.8 Å². The number of amides is 2. The van der Waals surface area contributed by atoms with Gasteiger partial charge < -0.3 is 15.0 Å². The largest absolute Gasteiger partial charge is 0.494 e. The topological polar surface area (TPSA) is 96.0 Å². The van der Waals surface area contributed by atoms with E-state index in [1.54, 1.807) is 48.5 Å². The van der Waals surface area contributed by atoms with Crippen LogP contribution in [0, 0.1) is 5.82 Å². The summed E-state index contributed by atoms with van der Waals surface area (Å²) in [4.78, 5) is 30.7. The van der Waals surface area contributed by atoms with Crippen LogP contribution in [0.4, 0.5) is 10.1 Å². The van der Waals surface area contributed by atoms with Crippen molar-refractivity contribution in [1.82, 2.24) is 10.2 Å². The number of hydrogen-bond donors (Lipinski definition) is 1. The Morgan fingerprint density at radius 3 is 2.15 bits per heavy atom. The second-order valence-electron chi connectivity index (χ2n) is 11.1. The molecule has 11 heteroatoms. The number of anilines is 1. The van der Waals surface area contributed by atoms with E-state index in [-0.39, 0.29) is 29.5 Å². The summed E-state index contributed by atoms with van der Waals surface area (Å²) in [5.41, 5.74) is 1.68. The number of carbonyl (C=O) groups excluding carboxylic acids is 2. The van der Waals surface area contributed by atoms with Crippen LogP contribution in [0.25, 0.3) is 0 Å². The molecule has 0 spiro atoms. The molecule has 4 aromatic rings. The molecule has 0 radical (unpaired) electrons. The van der Waals surface area contributed by atoms with Gasteiger partial charge in [0.25, 0.3) is 10.0 Å². The molecule has 0 bridgehead atoms. The molecular weight excluding hydrogens is 650 g/mol. The van der Waals surface area contributed by atoms with Gasteiger partial charge in [-0.25, -0.2) is 12.8 Å². The van der Waals surface area contributed by atoms with Crippen molar-refractivity contribution < 1.29 is 27.1 Å². The van der Waals surface area contributed by atoms with E-state index in [1.807, 2.05) is 50.4 Å². The standard InChI is InChI=1S/C37H42FN3O5S2/c1-4-6-24-39-37(43)35(25-28-10-8-7-9-11-28)40(26-29-12-14-30(38)15-13-29)36(42)27-41(31-16-18-32(19-17-31)46-5-2)48(44,45)34-22-20-33(47-3)21-23-34/h7-23,35H,4-6,24-27H2,1-3H3,(H,39,43)/t35-/m0/s1. The van der Waals surface area contributed by atoms with Crippen LogP contribution in [-0.2, 0) is 32.6 Å². The third-order valence-corrected chi connectivity index (χ3v) is 10.3. The lowest BCUT2D eigenvalue weighted by molar-refractivity contribution is -0.140.